The van der Waals surface area contributed by atoms with Gasteiger partial charge in [0.15, 0.2) is 17.3 Å². The maximum absolute atomic E-state index is 11.4. The number of benzene rings is 1. The van der Waals surface area contributed by atoms with Crippen LogP contribution in [-0.2, 0) is 0 Å². The molecule has 0 radical (unpaired) electrons. The molecule has 0 heterocycles. The van der Waals surface area contributed by atoms with Crippen molar-refractivity contribution in [3.05, 3.63) is 35.4 Å². The van der Waals surface area contributed by atoms with Crippen molar-refractivity contribution in [3.8, 4) is 11.5 Å². The van der Waals surface area contributed by atoms with E-state index < -0.39 is 0 Å². The quantitative estimate of drug-likeness (QED) is 0.429. The van der Waals surface area contributed by atoms with Gasteiger partial charge in [0.05, 0.1) is 0 Å². The number of phenolic OH excluding ortho intramolecular Hbond substituents is 2. The second-order valence-corrected chi connectivity index (χ2v) is 3.29. The number of aromatic hydroxyl groups is 2. The number of rotatable bonds is 2. The number of carbonyl (C=O) groups excluding carboxylic acids is 1. The molecule has 0 saturated heterocycles. The SMILES string of the molecule is CC(C)=CC(=O)c1ccc(O)c(O)c1. The lowest BCUT2D eigenvalue weighted by atomic mass is 10.1. The van der Waals surface area contributed by atoms with Crippen LogP contribution in [0, 0.1) is 0 Å². The number of phenols is 2. The van der Waals surface area contributed by atoms with Crippen LogP contribution in [0.25, 0.3) is 0 Å². The van der Waals surface area contributed by atoms with Crippen molar-refractivity contribution in [2.24, 2.45) is 0 Å². The first-order valence-electron chi connectivity index (χ1n) is 4.22. The van der Waals surface area contributed by atoms with Crippen molar-refractivity contribution in [1.29, 1.82) is 0 Å². The van der Waals surface area contributed by atoms with Gasteiger partial charge in [0, 0.05) is 5.56 Å². The van der Waals surface area contributed by atoms with Gasteiger partial charge < -0.3 is 10.2 Å². The Kier molecular flexibility index (Phi) is 2.92. The normalized spacial score (nSPS) is 9.57. The fourth-order valence-electron chi connectivity index (χ4n) is 1.02. The van der Waals surface area contributed by atoms with Gasteiger partial charge in [-0.15, -0.1) is 0 Å². The minimum Gasteiger partial charge on any atom is -0.504 e. The number of hydrogen-bond acceptors (Lipinski definition) is 3. The summed E-state index contributed by atoms with van der Waals surface area (Å²) in [6.07, 6.45) is 1.48. The molecule has 2 N–H and O–H groups in total. The van der Waals surface area contributed by atoms with Gasteiger partial charge in [-0.3, -0.25) is 4.79 Å². The molecule has 0 fully saturated rings. The third kappa shape index (κ3) is 2.36. The summed E-state index contributed by atoms with van der Waals surface area (Å²) in [5.41, 5.74) is 1.25. The molecular formula is C11H12O3. The van der Waals surface area contributed by atoms with E-state index in [4.69, 9.17) is 10.2 Å². The van der Waals surface area contributed by atoms with E-state index in [0.29, 0.717) is 5.56 Å². The van der Waals surface area contributed by atoms with E-state index in [-0.39, 0.29) is 17.3 Å². The zero-order valence-electron chi connectivity index (χ0n) is 8.11. The number of hydrogen-bond donors (Lipinski definition) is 2. The summed E-state index contributed by atoms with van der Waals surface area (Å²) < 4.78 is 0. The van der Waals surface area contributed by atoms with Gasteiger partial charge in [0.25, 0.3) is 0 Å². The van der Waals surface area contributed by atoms with Crippen LogP contribution in [-0.4, -0.2) is 16.0 Å². The summed E-state index contributed by atoms with van der Waals surface area (Å²) >= 11 is 0. The maximum atomic E-state index is 11.4. The van der Waals surface area contributed by atoms with Gasteiger partial charge in [0.2, 0.25) is 0 Å². The molecule has 0 aromatic heterocycles. The lowest BCUT2D eigenvalue weighted by molar-refractivity contribution is 0.104. The third-order valence-electron chi connectivity index (χ3n) is 1.68. The molecule has 0 spiro atoms. The second kappa shape index (κ2) is 3.96. The lowest BCUT2D eigenvalue weighted by Gasteiger charge is -2.00. The molecule has 74 valence electrons. The zero-order valence-corrected chi connectivity index (χ0v) is 8.11. The summed E-state index contributed by atoms with van der Waals surface area (Å²) in [4.78, 5) is 11.4. The Morgan fingerprint density at radius 3 is 2.36 bits per heavy atom. The average molecular weight is 192 g/mol. The van der Waals surface area contributed by atoms with Gasteiger partial charge in [0.1, 0.15) is 0 Å². The van der Waals surface area contributed by atoms with Crippen molar-refractivity contribution in [2.45, 2.75) is 13.8 Å². The van der Waals surface area contributed by atoms with E-state index >= 15 is 0 Å². The highest BCUT2D eigenvalue weighted by Gasteiger charge is 2.05. The van der Waals surface area contributed by atoms with Crippen LogP contribution in [0.5, 0.6) is 11.5 Å². The highest BCUT2D eigenvalue weighted by molar-refractivity contribution is 6.05. The van der Waals surface area contributed by atoms with Gasteiger partial charge in [-0.2, -0.15) is 0 Å². The number of carbonyl (C=O) groups is 1. The van der Waals surface area contributed by atoms with E-state index in [0.717, 1.165) is 5.57 Å². The lowest BCUT2D eigenvalue weighted by Crippen LogP contribution is -1.94. The molecule has 14 heavy (non-hydrogen) atoms. The summed E-state index contributed by atoms with van der Waals surface area (Å²) in [6, 6.07) is 4.01. The largest absolute Gasteiger partial charge is 0.504 e. The van der Waals surface area contributed by atoms with Crippen molar-refractivity contribution < 1.29 is 15.0 Å². The predicted octanol–water partition coefficient (Wildman–Crippen LogP) is 2.25. The van der Waals surface area contributed by atoms with Crippen molar-refractivity contribution in [3.63, 3.8) is 0 Å². The first-order valence-corrected chi connectivity index (χ1v) is 4.22. The van der Waals surface area contributed by atoms with E-state index in [1.54, 1.807) is 0 Å². The molecule has 0 saturated carbocycles. The first kappa shape index (κ1) is 10.3. The van der Waals surface area contributed by atoms with Crippen LogP contribution in [0.15, 0.2) is 29.8 Å². The maximum Gasteiger partial charge on any atom is 0.185 e. The first-order chi connectivity index (χ1) is 6.50. The standard InChI is InChI=1S/C11H12O3/c1-7(2)5-10(13)8-3-4-9(12)11(14)6-8/h3-6,12,14H,1-2H3. The Labute approximate surface area is 82.3 Å². The molecule has 0 unspecified atom stereocenters. The molecule has 3 nitrogen and oxygen atoms in total. The Bertz CT molecular complexity index is 388. The minimum atomic E-state index is -0.280. The molecule has 1 aromatic carbocycles. The fraction of sp³-hybridized carbons (Fsp3) is 0.182. The Morgan fingerprint density at radius 2 is 1.86 bits per heavy atom. The topological polar surface area (TPSA) is 57.5 Å². The molecular weight excluding hydrogens is 180 g/mol. The second-order valence-electron chi connectivity index (χ2n) is 3.29. The van der Waals surface area contributed by atoms with Crippen LogP contribution in [0.2, 0.25) is 0 Å². The average Bonchev–Trinajstić information content (AvgIpc) is 2.08. The summed E-state index contributed by atoms with van der Waals surface area (Å²) in [5.74, 6) is -0.683. The van der Waals surface area contributed by atoms with Crippen LogP contribution in [0.4, 0.5) is 0 Å². The van der Waals surface area contributed by atoms with Crippen LogP contribution in [0.3, 0.4) is 0 Å². The van der Waals surface area contributed by atoms with Crippen LogP contribution in [0.1, 0.15) is 24.2 Å². The van der Waals surface area contributed by atoms with Crippen LogP contribution >= 0.6 is 0 Å². The molecule has 3 heteroatoms. The van der Waals surface area contributed by atoms with Crippen LogP contribution < -0.4 is 0 Å². The predicted molar refractivity (Wildman–Crippen MR) is 53.5 cm³/mol. The van der Waals surface area contributed by atoms with Crippen molar-refractivity contribution in [2.75, 3.05) is 0 Å². The molecule has 0 atom stereocenters. The summed E-state index contributed by atoms with van der Waals surface area (Å²) in [7, 11) is 0. The molecule has 0 aliphatic heterocycles. The Balaban J connectivity index is 3.03. The Hall–Kier alpha value is -1.77. The van der Waals surface area contributed by atoms with Gasteiger partial charge in [-0.25, -0.2) is 0 Å². The molecule has 0 aliphatic rings. The van der Waals surface area contributed by atoms with Gasteiger partial charge in [-0.05, 0) is 38.1 Å². The highest BCUT2D eigenvalue weighted by Crippen LogP contribution is 2.25. The Morgan fingerprint density at radius 1 is 1.21 bits per heavy atom. The molecule has 0 bridgehead atoms. The van der Waals surface area contributed by atoms with E-state index in [9.17, 15) is 4.79 Å². The number of ketones is 1. The van der Waals surface area contributed by atoms with Crippen molar-refractivity contribution in [1.82, 2.24) is 0 Å². The monoisotopic (exact) mass is 192 g/mol. The van der Waals surface area contributed by atoms with E-state index in [1.165, 1.54) is 24.3 Å². The number of allylic oxidation sites excluding steroid dienone is 2. The summed E-state index contributed by atoms with van der Waals surface area (Å²) in [6.45, 7) is 3.64. The smallest absolute Gasteiger partial charge is 0.185 e. The third-order valence-corrected chi connectivity index (χ3v) is 1.68. The van der Waals surface area contributed by atoms with Crippen molar-refractivity contribution >= 4 is 5.78 Å². The van der Waals surface area contributed by atoms with E-state index in [1.807, 2.05) is 13.8 Å². The summed E-state index contributed by atoms with van der Waals surface area (Å²) in [5, 5.41) is 18.2. The fourth-order valence-corrected chi connectivity index (χ4v) is 1.02. The van der Waals surface area contributed by atoms with Gasteiger partial charge in [-0.1, -0.05) is 5.57 Å². The molecule has 1 aromatic rings. The molecule has 1 rings (SSSR count). The minimum absolute atomic E-state index is 0.180. The molecule has 0 aliphatic carbocycles. The van der Waals surface area contributed by atoms with E-state index in [2.05, 4.69) is 0 Å². The van der Waals surface area contributed by atoms with Gasteiger partial charge >= 0.3 is 0 Å². The highest BCUT2D eigenvalue weighted by atomic mass is 16.3. The molecule has 0 amide bonds. The zero-order chi connectivity index (χ0) is 10.7.